The fourth-order valence-corrected chi connectivity index (χ4v) is 20.5. The first-order valence-electron chi connectivity index (χ1n) is 38.0. The zero-order valence-corrected chi connectivity index (χ0v) is 63.7. The molecule has 628 valence electrons. The van der Waals surface area contributed by atoms with E-state index in [2.05, 4.69) is 20.8 Å². The molecule has 1 aromatic carbocycles. The van der Waals surface area contributed by atoms with Crippen LogP contribution in [0.1, 0.15) is 112 Å². The molecule has 0 aromatic heterocycles. The number of aliphatic carboxylic acids is 1. The Morgan fingerprint density at radius 2 is 1.15 bits per heavy atom. The van der Waals surface area contributed by atoms with Crippen molar-refractivity contribution in [2.24, 2.45) is 50.2 Å². The summed E-state index contributed by atoms with van der Waals surface area (Å²) in [5, 5.41) is 191. The van der Waals surface area contributed by atoms with Crippen molar-refractivity contribution >= 4 is 24.0 Å². The highest BCUT2D eigenvalue weighted by Gasteiger charge is 2.74. The Balaban J connectivity index is 0.857. The van der Waals surface area contributed by atoms with E-state index < -0.39 is 279 Å². The second-order valence-electron chi connectivity index (χ2n) is 33.7. The fraction of sp³-hybridized carbons (Fsp3) is 0.827. The quantitative estimate of drug-likeness (QED) is 0.0236. The normalized spacial score (nSPS) is 48.4. The number of methoxy groups -OCH3 is 3. The number of aliphatic hydroxyl groups excluding tert-OH is 15. The third kappa shape index (κ3) is 15.0. The molecule has 36 heteroatoms. The van der Waals surface area contributed by atoms with Crippen LogP contribution in [0.4, 0.5) is 0 Å². The highest BCUT2D eigenvalue weighted by molar-refractivity contribution is 5.87. The standard InChI is InChI=1S/C75H112O36/c1-31-53(105-44(82)14-11-33-21-39(96-8)56(98-10)40(22-33)97-9)50(88)58(109-64-52(90)57(108-66-59(91)75(95,29-78)30-101-66)54(32(2)102-64)106-62-51(89)55(38(81)27-100-62)107-61-48(86)45(83)37(80)26-99-61)65(103-31)111-68(94)73-18-17-69(3,4)23-35(73)34-12-13-42-70(5)24-36(79)60(110-63-49(87)47(85)46(84)41(25-76)104-63)72(7,67(92)93)43(70)15-16-71(42,6)74(34,28-77)20-19-73/h11-12,14,21-22,31-32,35-38,41-43,45-55,57-66,76-81,83-91,95H,13,15-20,23-30H2,1-10H3,(H,92,93)/t31-,32+,35+,36+,37+,38-,41-,42-,43-,45+,46-,47+,48-,49-,50+,51-,52-,53+,54+,55+,57+,58-,59+,60+,61+,62+,63+,64+,65+,66+,70-,71-,72+,73+,74+,75-/m1/s1. The molecule has 111 heavy (non-hydrogen) atoms. The summed E-state index contributed by atoms with van der Waals surface area (Å²) in [6.07, 6.45) is -41.1. The molecule has 10 fully saturated rings. The van der Waals surface area contributed by atoms with Gasteiger partial charge in [0.05, 0.1) is 90.1 Å². The molecule has 6 heterocycles. The van der Waals surface area contributed by atoms with Crippen LogP contribution in [0.2, 0.25) is 0 Å². The second kappa shape index (κ2) is 32.7. The van der Waals surface area contributed by atoms with Crippen molar-refractivity contribution in [3.63, 3.8) is 0 Å². The monoisotopic (exact) mass is 1590 g/mol. The number of carboxylic acid groups (broad SMARTS) is 1. The molecule has 36 nitrogen and oxygen atoms in total. The first kappa shape index (κ1) is 85.8. The number of hydrogen-bond donors (Lipinski definition) is 17. The molecule has 0 unspecified atom stereocenters. The minimum Gasteiger partial charge on any atom is -0.493 e. The summed E-state index contributed by atoms with van der Waals surface area (Å²) < 4.78 is 95.6. The van der Waals surface area contributed by atoms with Gasteiger partial charge in [-0.15, -0.1) is 0 Å². The van der Waals surface area contributed by atoms with Gasteiger partial charge in [-0.1, -0.05) is 39.3 Å². The molecule has 6 saturated heterocycles. The molecule has 0 radical (unpaired) electrons. The summed E-state index contributed by atoms with van der Waals surface area (Å²) in [6.45, 7) is 8.42. The zero-order chi connectivity index (χ0) is 80.9. The van der Waals surface area contributed by atoms with Crippen LogP contribution in [-0.4, -0.2) is 337 Å². The van der Waals surface area contributed by atoms with Crippen molar-refractivity contribution in [3.8, 4) is 17.2 Å². The number of fused-ring (bicyclic) bond motifs is 7. The minimum atomic E-state index is -2.31. The van der Waals surface area contributed by atoms with Gasteiger partial charge in [0.2, 0.25) is 12.0 Å². The molecule has 0 bridgehead atoms. The molecular formula is C75H112O36. The number of aliphatic hydroxyl groups is 16. The summed E-state index contributed by atoms with van der Waals surface area (Å²) in [4.78, 5) is 44.3. The van der Waals surface area contributed by atoms with Crippen LogP contribution in [0, 0.1) is 50.2 Å². The van der Waals surface area contributed by atoms with Gasteiger partial charge < -0.3 is 163 Å². The van der Waals surface area contributed by atoms with Crippen molar-refractivity contribution in [1.29, 1.82) is 0 Å². The lowest BCUT2D eigenvalue weighted by molar-refractivity contribution is -0.388. The summed E-state index contributed by atoms with van der Waals surface area (Å²) in [7, 11) is 4.22. The molecule has 12 rings (SSSR count). The summed E-state index contributed by atoms with van der Waals surface area (Å²) in [5.74, 6) is -4.19. The van der Waals surface area contributed by atoms with Gasteiger partial charge in [0.15, 0.2) is 55.2 Å². The first-order valence-corrected chi connectivity index (χ1v) is 38.0. The average Bonchev–Trinajstić information content (AvgIpc) is 1.10. The maximum absolute atomic E-state index is 16.2. The van der Waals surface area contributed by atoms with Gasteiger partial charge in [0.1, 0.15) is 103 Å². The Kier molecular flexibility index (Phi) is 25.3. The van der Waals surface area contributed by atoms with Crippen molar-refractivity contribution in [2.45, 2.75) is 278 Å². The maximum Gasteiger partial charge on any atom is 0.331 e. The number of allylic oxidation sites excluding steroid dienone is 1. The number of carbonyl (C=O) groups excluding carboxylic acids is 2. The van der Waals surface area contributed by atoms with E-state index in [9.17, 15) is 96.4 Å². The van der Waals surface area contributed by atoms with E-state index in [4.69, 9.17) is 75.8 Å². The van der Waals surface area contributed by atoms with Crippen molar-refractivity contribution in [3.05, 3.63) is 35.4 Å². The Hall–Kier alpha value is -4.57. The molecule has 1 aromatic rings. The Morgan fingerprint density at radius 3 is 1.78 bits per heavy atom. The number of ether oxygens (including phenoxy) is 16. The second-order valence-corrected chi connectivity index (χ2v) is 33.7. The van der Waals surface area contributed by atoms with Crippen LogP contribution >= 0.6 is 0 Å². The van der Waals surface area contributed by atoms with Crippen molar-refractivity contribution < 1.29 is 177 Å². The number of rotatable bonds is 22. The topological polar surface area (TPSA) is 543 Å². The number of hydrogen-bond acceptors (Lipinski definition) is 35. The lowest BCUT2D eigenvalue weighted by Gasteiger charge is -2.71. The number of esters is 2. The molecule has 0 spiro atoms. The fourth-order valence-electron chi connectivity index (χ4n) is 20.5. The van der Waals surface area contributed by atoms with Gasteiger partial charge >= 0.3 is 17.9 Å². The van der Waals surface area contributed by atoms with Crippen LogP contribution in [0.3, 0.4) is 0 Å². The number of carbonyl (C=O) groups is 3. The Bertz CT molecular complexity index is 3480. The van der Waals surface area contributed by atoms with Gasteiger partial charge in [-0.05, 0) is 136 Å². The van der Waals surface area contributed by atoms with E-state index in [1.54, 1.807) is 12.1 Å². The van der Waals surface area contributed by atoms with Crippen LogP contribution in [-0.2, 0) is 76.0 Å². The van der Waals surface area contributed by atoms with E-state index in [1.165, 1.54) is 48.2 Å². The molecule has 5 aliphatic carbocycles. The highest BCUT2D eigenvalue weighted by atomic mass is 16.8. The average molecular weight is 1590 g/mol. The SMILES string of the molecule is COc1cc(C=CC(=O)O[C@@H]2[C@H](O)[C@@H](O[C@@H]3O[C@@H](C)[C@H](O[C@@H]4OC[C@@H](O)[C@H](O[C@@H]5OC[C@H](O)[C@H](O)[C@H]5O)[C@H]4O)[C@@H](O[C@@H]4OC[C@](O)(CO)[C@H]4O)[C@H]3O)[C@H](OC(=O)[C@]34CCC(C)(C)C[C@H]3C3=CC[C@@H]5[C@@]6(C)C[C@H](O)[C@H](O[C@@H]7O[C@H](CO)[C@@H](O)[C@H](O)[C@H]7O)[C@@](C)(C(=O)O)[C@@H]6CC[C@@]5(C)[C@]3(CO)CC4)O[C@@H]2C)cc(OC)c1OC. The number of carboxylic acids is 1. The van der Waals surface area contributed by atoms with Crippen molar-refractivity contribution in [2.75, 3.05) is 61.0 Å². The Labute approximate surface area is 640 Å². The van der Waals surface area contributed by atoms with Crippen molar-refractivity contribution in [1.82, 2.24) is 0 Å². The first-order chi connectivity index (χ1) is 52.3. The van der Waals surface area contributed by atoms with Crippen LogP contribution in [0.5, 0.6) is 17.2 Å². The highest BCUT2D eigenvalue weighted by Crippen LogP contribution is 2.76. The molecule has 0 amide bonds. The summed E-state index contributed by atoms with van der Waals surface area (Å²) in [5.41, 5.74) is -7.77. The van der Waals surface area contributed by atoms with Gasteiger partial charge in [0.25, 0.3) is 0 Å². The summed E-state index contributed by atoms with van der Waals surface area (Å²) in [6, 6.07) is 3.11. The van der Waals surface area contributed by atoms with E-state index in [1.807, 2.05) is 13.0 Å². The largest absolute Gasteiger partial charge is 0.493 e. The minimum absolute atomic E-state index is 0.0230. The van der Waals surface area contributed by atoms with Gasteiger partial charge in [0, 0.05) is 11.5 Å². The molecule has 6 aliphatic heterocycles. The predicted octanol–water partition coefficient (Wildman–Crippen LogP) is -3.11. The number of benzene rings is 1. The lowest BCUT2D eigenvalue weighted by atomic mass is 9.33. The van der Waals surface area contributed by atoms with E-state index in [0.29, 0.717) is 31.2 Å². The van der Waals surface area contributed by atoms with Crippen LogP contribution in [0.15, 0.2) is 29.9 Å². The van der Waals surface area contributed by atoms with E-state index in [0.717, 1.165) is 11.6 Å². The molecule has 11 aliphatic rings. The van der Waals surface area contributed by atoms with Crippen LogP contribution < -0.4 is 14.2 Å². The predicted molar refractivity (Wildman–Crippen MR) is 371 cm³/mol. The Morgan fingerprint density at radius 1 is 0.559 bits per heavy atom. The third-order valence-electron chi connectivity index (χ3n) is 26.9. The van der Waals surface area contributed by atoms with Gasteiger partial charge in [-0.2, -0.15) is 0 Å². The maximum atomic E-state index is 16.2. The third-order valence-corrected chi connectivity index (χ3v) is 26.9. The summed E-state index contributed by atoms with van der Waals surface area (Å²) >= 11 is 0. The molecule has 4 saturated carbocycles. The van der Waals surface area contributed by atoms with Gasteiger partial charge in [-0.25, -0.2) is 4.79 Å². The lowest BCUT2D eigenvalue weighted by Crippen LogP contribution is -2.71. The van der Waals surface area contributed by atoms with E-state index >= 15 is 4.79 Å². The van der Waals surface area contributed by atoms with E-state index in [-0.39, 0.29) is 49.4 Å². The van der Waals surface area contributed by atoms with Gasteiger partial charge in [-0.3, -0.25) is 9.59 Å². The molecule has 17 N–H and O–H groups in total. The molecule has 36 atom stereocenters. The smallest absolute Gasteiger partial charge is 0.331 e. The zero-order valence-electron chi connectivity index (χ0n) is 63.7. The molecular weight excluding hydrogens is 1480 g/mol. The van der Waals surface area contributed by atoms with Crippen LogP contribution in [0.25, 0.3) is 6.08 Å².